The quantitative estimate of drug-likeness (QED) is 0.253. The molecule has 0 saturated carbocycles. The largest absolute Gasteiger partial charge is 0.496 e. The van der Waals surface area contributed by atoms with Gasteiger partial charge in [0.25, 0.3) is 0 Å². The lowest BCUT2D eigenvalue weighted by atomic mass is 10.1. The summed E-state index contributed by atoms with van der Waals surface area (Å²) in [6, 6.07) is 22.6. The molecule has 170 valence electrons. The number of carbonyl (C=O) groups is 1. The Morgan fingerprint density at radius 3 is 2.68 bits per heavy atom. The predicted octanol–water partition coefficient (Wildman–Crippen LogP) is 5.69. The Morgan fingerprint density at radius 2 is 1.82 bits per heavy atom. The molecule has 6 nitrogen and oxygen atoms in total. The van der Waals surface area contributed by atoms with Gasteiger partial charge in [-0.15, -0.1) is 0 Å². The summed E-state index contributed by atoms with van der Waals surface area (Å²) in [5.41, 5.74) is 3.31. The number of rotatable bonds is 8. The lowest BCUT2D eigenvalue weighted by Gasteiger charge is -2.11. The third-order valence-corrected chi connectivity index (χ3v) is 5.50. The van der Waals surface area contributed by atoms with Gasteiger partial charge in [0, 0.05) is 35.3 Å². The van der Waals surface area contributed by atoms with E-state index in [9.17, 15) is 4.79 Å². The molecule has 0 spiro atoms. The van der Waals surface area contributed by atoms with Crippen molar-refractivity contribution < 1.29 is 23.7 Å². The highest BCUT2D eigenvalue weighted by Gasteiger charge is 2.14. The SMILES string of the molecule is COc1ccc(/C=C/C(=O)c2cccc(-n3cccc3)c2)cc1COc1ccc2c(c1)OCO2. The Balaban J connectivity index is 1.30. The van der Waals surface area contributed by atoms with Crippen molar-refractivity contribution in [1.29, 1.82) is 0 Å². The van der Waals surface area contributed by atoms with Gasteiger partial charge < -0.3 is 23.5 Å². The zero-order valence-corrected chi connectivity index (χ0v) is 18.6. The van der Waals surface area contributed by atoms with E-state index in [4.69, 9.17) is 18.9 Å². The Hall–Kier alpha value is -4.45. The average Bonchev–Trinajstić information content (AvgIpc) is 3.58. The second-order valence-corrected chi connectivity index (χ2v) is 7.71. The van der Waals surface area contributed by atoms with E-state index in [0.717, 1.165) is 16.8 Å². The van der Waals surface area contributed by atoms with Crippen LogP contribution in [0.25, 0.3) is 11.8 Å². The molecule has 2 heterocycles. The molecule has 5 rings (SSSR count). The van der Waals surface area contributed by atoms with Crippen molar-refractivity contribution in [2.75, 3.05) is 13.9 Å². The number of hydrogen-bond acceptors (Lipinski definition) is 5. The number of fused-ring (bicyclic) bond motifs is 1. The van der Waals surface area contributed by atoms with Gasteiger partial charge in [-0.25, -0.2) is 0 Å². The van der Waals surface area contributed by atoms with Crippen LogP contribution in [0.2, 0.25) is 0 Å². The van der Waals surface area contributed by atoms with Crippen LogP contribution in [0.1, 0.15) is 21.5 Å². The van der Waals surface area contributed by atoms with Crippen molar-refractivity contribution >= 4 is 11.9 Å². The second-order valence-electron chi connectivity index (χ2n) is 7.71. The minimum absolute atomic E-state index is 0.0667. The molecule has 0 radical (unpaired) electrons. The van der Waals surface area contributed by atoms with Crippen LogP contribution < -0.4 is 18.9 Å². The smallest absolute Gasteiger partial charge is 0.231 e. The van der Waals surface area contributed by atoms with Gasteiger partial charge in [0.05, 0.1) is 7.11 Å². The molecule has 0 unspecified atom stereocenters. The first-order valence-electron chi connectivity index (χ1n) is 10.8. The van der Waals surface area contributed by atoms with Gasteiger partial charge in [-0.05, 0) is 60.2 Å². The van der Waals surface area contributed by atoms with E-state index in [0.29, 0.717) is 35.2 Å². The Kier molecular flexibility index (Phi) is 6.03. The predicted molar refractivity (Wildman–Crippen MR) is 129 cm³/mol. The minimum atomic E-state index is -0.0667. The third kappa shape index (κ3) is 4.66. The summed E-state index contributed by atoms with van der Waals surface area (Å²) >= 11 is 0. The number of carbonyl (C=O) groups excluding carboxylic acids is 1. The highest BCUT2D eigenvalue weighted by atomic mass is 16.7. The van der Waals surface area contributed by atoms with Crippen molar-refractivity contribution in [2.45, 2.75) is 6.61 Å². The zero-order valence-electron chi connectivity index (χ0n) is 18.6. The first-order valence-corrected chi connectivity index (χ1v) is 10.8. The van der Waals surface area contributed by atoms with Crippen LogP contribution in [0, 0.1) is 0 Å². The van der Waals surface area contributed by atoms with Crippen molar-refractivity contribution in [3.05, 3.63) is 108 Å². The van der Waals surface area contributed by atoms with Crippen LogP contribution in [-0.2, 0) is 6.61 Å². The number of ketones is 1. The van der Waals surface area contributed by atoms with E-state index in [1.807, 2.05) is 83.7 Å². The molecule has 1 aromatic heterocycles. The molecular formula is C28H23NO5. The maximum atomic E-state index is 12.8. The van der Waals surface area contributed by atoms with E-state index in [1.165, 1.54) is 0 Å². The molecule has 0 saturated heterocycles. The van der Waals surface area contributed by atoms with Crippen LogP contribution in [0.15, 0.2) is 91.3 Å². The van der Waals surface area contributed by atoms with Crippen molar-refractivity contribution in [3.63, 3.8) is 0 Å². The summed E-state index contributed by atoms with van der Waals surface area (Å²) in [6.07, 6.45) is 7.28. The fourth-order valence-electron chi connectivity index (χ4n) is 3.74. The molecule has 34 heavy (non-hydrogen) atoms. The molecule has 4 aromatic rings. The molecular weight excluding hydrogens is 430 g/mol. The highest BCUT2D eigenvalue weighted by molar-refractivity contribution is 6.07. The van der Waals surface area contributed by atoms with E-state index in [-0.39, 0.29) is 12.6 Å². The number of nitrogens with zero attached hydrogens (tertiary/aromatic N) is 1. The van der Waals surface area contributed by atoms with Gasteiger partial charge in [0.15, 0.2) is 17.3 Å². The summed E-state index contributed by atoms with van der Waals surface area (Å²) in [4.78, 5) is 12.8. The molecule has 0 fully saturated rings. The third-order valence-electron chi connectivity index (χ3n) is 5.50. The van der Waals surface area contributed by atoms with Gasteiger partial charge in [-0.2, -0.15) is 0 Å². The lowest BCUT2D eigenvalue weighted by molar-refractivity contribution is 0.104. The molecule has 0 N–H and O–H groups in total. The maximum Gasteiger partial charge on any atom is 0.231 e. The number of aromatic nitrogens is 1. The van der Waals surface area contributed by atoms with Crippen molar-refractivity contribution in [1.82, 2.24) is 4.57 Å². The second kappa shape index (κ2) is 9.58. The number of methoxy groups -OCH3 is 1. The lowest BCUT2D eigenvalue weighted by Crippen LogP contribution is -2.00. The van der Waals surface area contributed by atoms with Crippen molar-refractivity contribution in [3.8, 4) is 28.7 Å². The van der Waals surface area contributed by atoms with Gasteiger partial charge in [-0.1, -0.05) is 24.3 Å². The Bertz CT molecular complexity index is 1340. The van der Waals surface area contributed by atoms with Crippen LogP contribution in [0.3, 0.4) is 0 Å². The number of ether oxygens (including phenoxy) is 4. The van der Waals surface area contributed by atoms with E-state index < -0.39 is 0 Å². The van der Waals surface area contributed by atoms with Crippen LogP contribution in [0.5, 0.6) is 23.0 Å². The van der Waals surface area contributed by atoms with Crippen LogP contribution in [0.4, 0.5) is 0 Å². The zero-order chi connectivity index (χ0) is 23.3. The summed E-state index contributed by atoms with van der Waals surface area (Å²) in [5, 5.41) is 0. The van der Waals surface area contributed by atoms with Gasteiger partial charge in [0.1, 0.15) is 18.1 Å². The fraction of sp³-hybridized carbons (Fsp3) is 0.107. The number of benzene rings is 3. The maximum absolute atomic E-state index is 12.8. The Labute approximate surface area is 197 Å². The van der Waals surface area contributed by atoms with Crippen LogP contribution >= 0.6 is 0 Å². The highest BCUT2D eigenvalue weighted by Crippen LogP contribution is 2.35. The average molecular weight is 453 g/mol. The minimum Gasteiger partial charge on any atom is -0.496 e. The number of hydrogen-bond donors (Lipinski definition) is 0. The standard InChI is InChI=1S/C28H23NO5/c1-31-26-11-8-20(15-22(26)18-32-24-9-12-27-28(17-24)34-19-33-27)7-10-25(30)21-5-4-6-23(16-21)29-13-2-3-14-29/h2-17H,18-19H2,1H3/b10-7+. The first-order chi connectivity index (χ1) is 16.7. The van der Waals surface area contributed by atoms with E-state index in [2.05, 4.69) is 0 Å². The molecule has 3 aromatic carbocycles. The van der Waals surface area contributed by atoms with E-state index in [1.54, 1.807) is 25.3 Å². The Morgan fingerprint density at radius 1 is 0.971 bits per heavy atom. The first kappa shape index (κ1) is 21.4. The van der Waals surface area contributed by atoms with Gasteiger partial charge in [-0.3, -0.25) is 4.79 Å². The topological polar surface area (TPSA) is 58.9 Å². The molecule has 1 aliphatic rings. The normalized spacial score (nSPS) is 12.1. The van der Waals surface area contributed by atoms with E-state index >= 15 is 0 Å². The monoisotopic (exact) mass is 453 g/mol. The summed E-state index contributed by atoms with van der Waals surface area (Å²) in [5.74, 6) is 2.69. The van der Waals surface area contributed by atoms with Crippen molar-refractivity contribution in [2.24, 2.45) is 0 Å². The number of allylic oxidation sites excluding steroid dienone is 1. The van der Waals surface area contributed by atoms with Gasteiger partial charge in [0.2, 0.25) is 6.79 Å². The summed E-state index contributed by atoms with van der Waals surface area (Å²) < 4.78 is 24.1. The molecule has 1 aliphatic heterocycles. The van der Waals surface area contributed by atoms with Gasteiger partial charge >= 0.3 is 0 Å². The molecule has 0 atom stereocenters. The fourth-order valence-corrected chi connectivity index (χ4v) is 3.74. The summed E-state index contributed by atoms with van der Waals surface area (Å²) in [6.45, 7) is 0.522. The molecule has 6 heteroatoms. The summed E-state index contributed by atoms with van der Waals surface area (Å²) in [7, 11) is 1.62. The molecule has 0 amide bonds. The molecule has 0 bridgehead atoms. The van der Waals surface area contributed by atoms with Crippen LogP contribution in [-0.4, -0.2) is 24.3 Å². The molecule has 0 aliphatic carbocycles.